The van der Waals surface area contributed by atoms with Gasteiger partial charge in [-0.3, -0.25) is 9.52 Å². The van der Waals surface area contributed by atoms with Crippen LogP contribution in [0.5, 0.6) is 0 Å². The number of sulfonamides is 1. The number of carbonyl (C=O) groups is 1. The maximum absolute atomic E-state index is 12.8. The van der Waals surface area contributed by atoms with Crippen molar-refractivity contribution in [3.8, 4) is 0 Å². The summed E-state index contributed by atoms with van der Waals surface area (Å²) in [7, 11) is -1.95. The van der Waals surface area contributed by atoms with E-state index in [-0.39, 0.29) is 10.8 Å². The lowest BCUT2D eigenvalue weighted by Gasteiger charge is -2.22. The molecule has 6 nitrogen and oxygen atoms in total. The van der Waals surface area contributed by atoms with Gasteiger partial charge in [-0.25, -0.2) is 8.42 Å². The van der Waals surface area contributed by atoms with Gasteiger partial charge in [-0.2, -0.15) is 0 Å². The Morgan fingerprint density at radius 1 is 1.10 bits per heavy atom. The standard InChI is InChI=1S/C22H29N3O3S/c1-17-9-10-18(2)21(15-17)29(27,28)23-20-8-6-7-19(16-20)22(26)24(3)13-14-25-11-4-5-12-25/h6-10,15-16,23H,4-5,11-14H2,1-3H3. The van der Waals surface area contributed by atoms with E-state index in [0.29, 0.717) is 23.4 Å². The Labute approximate surface area is 173 Å². The molecule has 0 aliphatic carbocycles. The predicted molar refractivity (Wildman–Crippen MR) is 116 cm³/mol. The fourth-order valence-electron chi connectivity index (χ4n) is 3.54. The number of likely N-dealkylation sites (N-methyl/N-ethyl adjacent to an activating group) is 1. The molecule has 29 heavy (non-hydrogen) atoms. The molecule has 1 amide bonds. The molecule has 2 aromatic rings. The lowest BCUT2D eigenvalue weighted by molar-refractivity contribution is 0.0782. The fraction of sp³-hybridized carbons (Fsp3) is 0.409. The lowest BCUT2D eigenvalue weighted by Crippen LogP contribution is -2.35. The highest BCUT2D eigenvalue weighted by Crippen LogP contribution is 2.21. The van der Waals surface area contributed by atoms with E-state index in [1.807, 2.05) is 13.0 Å². The van der Waals surface area contributed by atoms with Crippen LogP contribution >= 0.6 is 0 Å². The average Bonchev–Trinajstić information content (AvgIpc) is 3.21. The molecule has 3 rings (SSSR count). The molecule has 1 N–H and O–H groups in total. The van der Waals surface area contributed by atoms with Gasteiger partial charge in [-0.05, 0) is 75.2 Å². The van der Waals surface area contributed by atoms with Crippen LogP contribution in [0.2, 0.25) is 0 Å². The SMILES string of the molecule is Cc1ccc(C)c(S(=O)(=O)Nc2cccc(C(=O)N(C)CCN3CCCC3)c2)c1. The molecule has 0 bridgehead atoms. The molecule has 0 unspecified atom stereocenters. The van der Waals surface area contributed by atoms with E-state index in [0.717, 1.165) is 25.2 Å². The average molecular weight is 416 g/mol. The number of aryl methyl sites for hydroxylation is 2. The normalized spacial score (nSPS) is 14.7. The number of amides is 1. The van der Waals surface area contributed by atoms with Crippen molar-refractivity contribution < 1.29 is 13.2 Å². The minimum atomic E-state index is -3.73. The number of anilines is 1. The van der Waals surface area contributed by atoms with Gasteiger partial charge in [-0.15, -0.1) is 0 Å². The van der Waals surface area contributed by atoms with Crippen LogP contribution in [0.3, 0.4) is 0 Å². The van der Waals surface area contributed by atoms with Crippen molar-refractivity contribution in [3.05, 3.63) is 59.2 Å². The van der Waals surface area contributed by atoms with Gasteiger partial charge in [0.15, 0.2) is 0 Å². The molecule has 1 aliphatic heterocycles. The summed E-state index contributed by atoms with van der Waals surface area (Å²) < 4.78 is 28.3. The van der Waals surface area contributed by atoms with Crippen LogP contribution < -0.4 is 4.72 Å². The van der Waals surface area contributed by atoms with Crippen LogP contribution in [0.4, 0.5) is 5.69 Å². The van der Waals surface area contributed by atoms with E-state index in [1.165, 1.54) is 12.8 Å². The van der Waals surface area contributed by atoms with Crippen LogP contribution in [0.25, 0.3) is 0 Å². The summed E-state index contributed by atoms with van der Waals surface area (Å²) in [5.41, 5.74) is 2.40. The summed E-state index contributed by atoms with van der Waals surface area (Å²) in [5.74, 6) is -0.114. The first kappa shape index (κ1) is 21.3. The van der Waals surface area contributed by atoms with Crippen molar-refractivity contribution in [2.75, 3.05) is 37.9 Å². The fourth-order valence-corrected chi connectivity index (χ4v) is 4.92. The number of carbonyl (C=O) groups excluding carboxylic acids is 1. The Kier molecular flexibility index (Phi) is 6.59. The molecule has 0 radical (unpaired) electrons. The zero-order chi connectivity index (χ0) is 21.0. The van der Waals surface area contributed by atoms with Gasteiger partial charge in [0, 0.05) is 31.4 Å². The zero-order valence-corrected chi connectivity index (χ0v) is 18.1. The second-order valence-electron chi connectivity index (χ2n) is 7.73. The molecular weight excluding hydrogens is 386 g/mol. The third kappa shape index (κ3) is 5.36. The first-order chi connectivity index (χ1) is 13.8. The van der Waals surface area contributed by atoms with E-state index < -0.39 is 10.0 Å². The minimum absolute atomic E-state index is 0.114. The molecule has 2 aromatic carbocycles. The molecule has 0 saturated carbocycles. The third-order valence-electron chi connectivity index (χ3n) is 5.29. The smallest absolute Gasteiger partial charge is 0.262 e. The van der Waals surface area contributed by atoms with Gasteiger partial charge in [0.1, 0.15) is 0 Å². The number of benzene rings is 2. The van der Waals surface area contributed by atoms with Crippen LogP contribution in [-0.4, -0.2) is 57.4 Å². The van der Waals surface area contributed by atoms with E-state index in [9.17, 15) is 13.2 Å². The second kappa shape index (κ2) is 8.97. The summed E-state index contributed by atoms with van der Waals surface area (Å²) in [5, 5.41) is 0. The summed E-state index contributed by atoms with van der Waals surface area (Å²) in [6.07, 6.45) is 2.44. The van der Waals surface area contributed by atoms with Crippen molar-refractivity contribution in [1.82, 2.24) is 9.80 Å². The number of hydrogen-bond donors (Lipinski definition) is 1. The topological polar surface area (TPSA) is 69.7 Å². The number of hydrogen-bond acceptors (Lipinski definition) is 4. The Morgan fingerprint density at radius 3 is 2.55 bits per heavy atom. The van der Waals surface area contributed by atoms with E-state index in [4.69, 9.17) is 0 Å². The highest BCUT2D eigenvalue weighted by atomic mass is 32.2. The highest BCUT2D eigenvalue weighted by Gasteiger charge is 2.19. The first-order valence-electron chi connectivity index (χ1n) is 9.94. The monoisotopic (exact) mass is 415 g/mol. The van der Waals surface area contributed by atoms with E-state index in [2.05, 4.69) is 9.62 Å². The summed E-state index contributed by atoms with van der Waals surface area (Å²) >= 11 is 0. The number of likely N-dealkylation sites (tertiary alicyclic amines) is 1. The largest absolute Gasteiger partial charge is 0.340 e. The van der Waals surface area contributed by atoms with E-state index in [1.54, 1.807) is 55.3 Å². The second-order valence-corrected chi connectivity index (χ2v) is 9.38. The van der Waals surface area contributed by atoms with Crippen LogP contribution in [-0.2, 0) is 10.0 Å². The molecule has 0 atom stereocenters. The van der Waals surface area contributed by atoms with Gasteiger partial charge in [-0.1, -0.05) is 18.2 Å². The lowest BCUT2D eigenvalue weighted by atomic mass is 10.2. The number of nitrogens with one attached hydrogen (secondary N) is 1. The van der Waals surface area contributed by atoms with Gasteiger partial charge in [0.05, 0.1) is 4.90 Å². The maximum Gasteiger partial charge on any atom is 0.262 e. The van der Waals surface area contributed by atoms with Gasteiger partial charge >= 0.3 is 0 Å². The Morgan fingerprint density at radius 2 is 1.83 bits per heavy atom. The maximum atomic E-state index is 12.8. The van der Waals surface area contributed by atoms with Crippen LogP contribution in [0, 0.1) is 13.8 Å². The predicted octanol–water partition coefficient (Wildman–Crippen LogP) is 3.27. The van der Waals surface area contributed by atoms with Crippen molar-refractivity contribution in [2.45, 2.75) is 31.6 Å². The molecule has 156 valence electrons. The summed E-state index contributed by atoms with van der Waals surface area (Å²) in [6, 6.07) is 12.0. The van der Waals surface area contributed by atoms with Crippen molar-refractivity contribution in [1.29, 1.82) is 0 Å². The van der Waals surface area contributed by atoms with Crippen molar-refractivity contribution in [3.63, 3.8) is 0 Å². The molecule has 1 saturated heterocycles. The van der Waals surface area contributed by atoms with Crippen LogP contribution in [0.1, 0.15) is 34.3 Å². The number of rotatable bonds is 7. The quantitative estimate of drug-likeness (QED) is 0.754. The zero-order valence-electron chi connectivity index (χ0n) is 17.3. The molecule has 1 aliphatic rings. The third-order valence-corrected chi connectivity index (χ3v) is 6.82. The van der Waals surface area contributed by atoms with Gasteiger partial charge < -0.3 is 9.80 Å². The molecule has 0 aromatic heterocycles. The molecule has 1 fully saturated rings. The first-order valence-corrected chi connectivity index (χ1v) is 11.4. The molecule has 7 heteroatoms. The molecular formula is C22H29N3O3S. The number of nitrogens with zero attached hydrogens (tertiary/aromatic N) is 2. The Bertz CT molecular complexity index is 983. The van der Waals surface area contributed by atoms with E-state index >= 15 is 0 Å². The highest BCUT2D eigenvalue weighted by molar-refractivity contribution is 7.92. The van der Waals surface area contributed by atoms with Gasteiger partial charge in [0.2, 0.25) is 0 Å². The molecule has 0 spiro atoms. The summed E-state index contributed by atoms with van der Waals surface area (Å²) in [4.78, 5) is 17.1. The van der Waals surface area contributed by atoms with Crippen molar-refractivity contribution >= 4 is 21.6 Å². The van der Waals surface area contributed by atoms with Crippen LogP contribution in [0.15, 0.2) is 47.4 Å². The Balaban J connectivity index is 1.71. The Hall–Kier alpha value is -2.38. The van der Waals surface area contributed by atoms with Gasteiger partial charge in [0.25, 0.3) is 15.9 Å². The molecule has 1 heterocycles. The van der Waals surface area contributed by atoms with Crippen molar-refractivity contribution in [2.24, 2.45) is 0 Å². The minimum Gasteiger partial charge on any atom is -0.340 e. The summed E-state index contributed by atoms with van der Waals surface area (Å²) in [6.45, 7) is 7.33.